The van der Waals surface area contributed by atoms with Crippen LogP contribution in [-0.2, 0) is 16.0 Å². The first-order valence-electron chi connectivity index (χ1n) is 10.4. The number of nitro groups is 1. The predicted molar refractivity (Wildman–Crippen MR) is 116 cm³/mol. The fraction of sp³-hybridized carbons (Fsp3) is 0.409. The van der Waals surface area contributed by atoms with Crippen LogP contribution in [0.3, 0.4) is 0 Å². The summed E-state index contributed by atoms with van der Waals surface area (Å²) in [5.74, 6) is 0.0117. The van der Waals surface area contributed by atoms with Gasteiger partial charge in [0.05, 0.1) is 24.2 Å². The van der Waals surface area contributed by atoms with E-state index in [1.54, 1.807) is 12.3 Å². The number of aromatic amines is 1. The second kappa shape index (κ2) is 10.0. The quantitative estimate of drug-likeness (QED) is 0.514. The minimum Gasteiger partial charge on any atom is -0.351 e. The van der Waals surface area contributed by atoms with Gasteiger partial charge in [-0.25, -0.2) is 4.98 Å². The SMILES string of the molecule is CC(=O)N[C@H](Cc1ccccc1C)C(=O)NC1CCN(c2[nH+]cccc2[N+](=O)[O-])CC1. The molecule has 31 heavy (non-hydrogen) atoms. The number of hydrogen-bond acceptors (Lipinski definition) is 5. The van der Waals surface area contributed by atoms with Gasteiger partial charge in [-0.2, -0.15) is 0 Å². The largest absolute Gasteiger partial charge is 0.357 e. The second-order valence-corrected chi connectivity index (χ2v) is 7.81. The number of nitrogens with one attached hydrogen (secondary N) is 3. The smallest absolute Gasteiger partial charge is 0.351 e. The monoisotopic (exact) mass is 426 g/mol. The zero-order valence-corrected chi connectivity index (χ0v) is 17.8. The van der Waals surface area contributed by atoms with Crippen molar-refractivity contribution in [2.75, 3.05) is 18.0 Å². The summed E-state index contributed by atoms with van der Waals surface area (Å²) < 4.78 is 0. The Morgan fingerprint density at radius 2 is 1.94 bits per heavy atom. The average molecular weight is 426 g/mol. The normalized spacial score (nSPS) is 15.2. The maximum absolute atomic E-state index is 12.9. The zero-order valence-electron chi connectivity index (χ0n) is 17.8. The van der Waals surface area contributed by atoms with Crippen LogP contribution in [0.2, 0.25) is 0 Å². The molecule has 0 bridgehead atoms. The van der Waals surface area contributed by atoms with Crippen LogP contribution in [0.15, 0.2) is 42.6 Å². The van der Waals surface area contributed by atoms with Crippen LogP contribution in [-0.4, -0.2) is 41.9 Å². The first-order chi connectivity index (χ1) is 14.8. The highest BCUT2D eigenvalue weighted by molar-refractivity contribution is 5.87. The van der Waals surface area contributed by atoms with E-state index in [0.29, 0.717) is 38.2 Å². The summed E-state index contributed by atoms with van der Waals surface area (Å²) in [4.78, 5) is 40.4. The lowest BCUT2D eigenvalue weighted by Crippen LogP contribution is -2.53. The fourth-order valence-corrected chi connectivity index (χ4v) is 3.88. The molecule has 1 fully saturated rings. The molecule has 1 aliphatic rings. The summed E-state index contributed by atoms with van der Waals surface area (Å²) in [6.45, 7) is 4.54. The number of amides is 2. The van der Waals surface area contributed by atoms with Gasteiger partial charge in [0, 0.05) is 38.3 Å². The van der Waals surface area contributed by atoms with Crippen LogP contribution in [0.1, 0.15) is 30.9 Å². The van der Waals surface area contributed by atoms with Crippen LogP contribution < -0.4 is 20.5 Å². The first-order valence-corrected chi connectivity index (χ1v) is 10.4. The van der Waals surface area contributed by atoms with E-state index in [1.165, 1.54) is 13.0 Å². The molecule has 0 radical (unpaired) electrons. The molecule has 0 saturated carbocycles. The molecule has 0 unspecified atom stereocenters. The Kier molecular flexibility index (Phi) is 7.17. The van der Waals surface area contributed by atoms with Crippen molar-refractivity contribution in [3.05, 3.63) is 63.8 Å². The molecule has 3 rings (SSSR count). The predicted octanol–water partition coefficient (Wildman–Crippen LogP) is 1.55. The van der Waals surface area contributed by atoms with Gasteiger partial charge in [0.2, 0.25) is 11.8 Å². The van der Waals surface area contributed by atoms with Crippen molar-refractivity contribution in [1.82, 2.24) is 10.6 Å². The number of pyridine rings is 1. The van der Waals surface area contributed by atoms with Gasteiger partial charge in [-0.1, -0.05) is 24.3 Å². The van der Waals surface area contributed by atoms with Crippen LogP contribution in [0.25, 0.3) is 0 Å². The summed E-state index contributed by atoms with van der Waals surface area (Å²) in [5.41, 5.74) is 2.12. The molecule has 2 amide bonds. The Morgan fingerprint density at radius 3 is 2.58 bits per heavy atom. The molecule has 9 nitrogen and oxygen atoms in total. The third kappa shape index (κ3) is 5.78. The van der Waals surface area contributed by atoms with Crippen molar-refractivity contribution in [3.8, 4) is 0 Å². The highest BCUT2D eigenvalue weighted by Gasteiger charge is 2.33. The van der Waals surface area contributed by atoms with E-state index >= 15 is 0 Å². The Morgan fingerprint density at radius 1 is 1.23 bits per heavy atom. The van der Waals surface area contributed by atoms with Crippen molar-refractivity contribution in [1.29, 1.82) is 0 Å². The van der Waals surface area contributed by atoms with E-state index in [4.69, 9.17) is 0 Å². The van der Waals surface area contributed by atoms with E-state index in [1.807, 2.05) is 36.1 Å². The Bertz CT molecular complexity index is 956. The second-order valence-electron chi connectivity index (χ2n) is 7.81. The van der Waals surface area contributed by atoms with E-state index in [2.05, 4.69) is 15.6 Å². The number of nitrogens with zero attached hydrogens (tertiary/aromatic N) is 2. The number of aromatic nitrogens is 1. The highest BCUT2D eigenvalue weighted by Crippen LogP contribution is 2.25. The lowest BCUT2D eigenvalue weighted by molar-refractivity contribution is -0.411. The summed E-state index contributed by atoms with van der Waals surface area (Å²) in [6.07, 6.45) is 3.40. The number of hydrogen-bond donors (Lipinski definition) is 2. The molecule has 1 aromatic heterocycles. The topological polar surface area (TPSA) is 119 Å². The van der Waals surface area contributed by atoms with Gasteiger partial charge in [-0.05, 0) is 24.1 Å². The van der Waals surface area contributed by atoms with E-state index < -0.39 is 11.0 Å². The Labute approximate surface area is 181 Å². The molecule has 0 spiro atoms. The van der Waals surface area contributed by atoms with Crippen LogP contribution in [0.5, 0.6) is 0 Å². The van der Waals surface area contributed by atoms with Crippen molar-refractivity contribution in [3.63, 3.8) is 0 Å². The number of piperidine rings is 1. The molecular formula is C22H28N5O4+. The van der Waals surface area contributed by atoms with Crippen molar-refractivity contribution in [2.45, 2.75) is 45.2 Å². The molecule has 2 heterocycles. The number of carbonyl (C=O) groups excluding carboxylic acids is 2. The molecular weight excluding hydrogens is 398 g/mol. The molecule has 1 atom stereocenters. The molecule has 164 valence electrons. The number of anilines is 1. The zero-order chi connectivity index (χ0) is 22.4. The number of aryl methyl sites for hydroxylation is 1. The summed E-state index contributed by atoms with van der Waals surface area (Å²) in [7, 11) is 0. The number of rotatable bonds is 7. The molecule has 1 aromatic carbocycles. The van der Waals surface area contributed by atoms with Gasteiger partial charge in [-0.15, -0.1) is 0 Å². The number of carbonyl (C=O) groups is 2. The molecule has 1 saturated heterocycles. The van der Waals surface area contributed by atoms with Crippen molar-refractivity contribution >= 4 is 23.3 Å². The molecule has 9 heteroatoms. The van der Waals surface area contributed by atoms with Crippen molar-refractivity contribution < 1.29 is 19.5 Å². The van der Waals surface area contributed by atoms with Crippen LogP contribution in [0.4, 0.5) is 11.5 Å². The lowest BCUT2D eigenvalue weighted by Gasteiger charge is -2.29. The van der Waals surface area contributed by atoms with E-state index in [0.717, 1.165) is 11.1 Å². The van der Waals surface area contributed by atoms with Crippen LogP contribution in [0, 0.1) is 17.0 Å². The maximum Gasteiger partial charge on any atom is 0.357 e. The van der Waals surface area contributed by atoms with Gasteiger partial charge in [0.1, 0.15) is 6.04 Å². The van der Waals surface area contributed by atoms with Gasteiger partial charge in [0.25, 0.3) is 0 Å². The minimum absolute atomic E-state index is 0.0361. The van der Waals surface area contributed by atoms with Gasteiger partial charge < -0.3 is 10.6 Å². The Hall–Kier alpha value is -3.49. The van der Waals surface area contributed by atoms with Gasteiger partial charge in [0.15, 0.2) is 0 Å². The number of H-pyrrole nitrogens is 1. The van der Waals surface area contributed by atoms with E-state index in [-0.39, 0.29) is 23.5 Å². The third-order valence-corrected chi connectivity index (χ3v) is 5.55. The molecule has 2 aromatic rings. The third-order valence-electron chi connectivity index (χ3n) is 5.55. The summed E-state index contributed by atoms with van der Waals surface area (Å²) in [6, 6.07) is 10.2. The standard InChI is InChI=1S/C22H27N5O4/c1-15-6-3-4-7-17(15)14-19(24-16(2)28)22(29)25-18-9-12-26(13-10-18)21-20(27(30)31)8-5-11-23-21/h3-8,11,18-19H,9-10,12-14H2,1-2H3,(H,24,28)(H,25,29)/p+1/t19-/m1/s1. The molecule has 0 aliphatic carbocycles. The highest BCUT2D eigenvalue weighted by atomic mass is 16.6. The van der Waals surface area contributed by atoms with E-state index in [9.17, 15) is 19.7 Å². The summed E-state index contributed by atoms with van der Waals surface area (Å²) in [5, 5.41) is 17.1. The number of benzene rings is 1. The van der Waals surface area contributed by atoms with Gasteiger partial charge >= 0.3 is 11.5 Å². The van der Waals surface area contributed by atoms with Crippen LogP contribution >= 0.6 is 0 Å². The molecule has 3 N–H and O–H groups in total. The van der Waals surface area contributed by atoms with Gasteiger partial charge in [-0.3, -0.25) is 24.6 Å². The van der Waals surface area contributed by atoms with Crippen molar-refractivity contribution in [2.24, 2.45) is 0 Å². The average Bonchev–Trinajstić information content (AvgIpc) is 2.75. The lowest BCUT2D eigenvalue weighted by atomic mass is 9.99. The first kappa shape index (κ1) is 22.2. The summed E-state index contributed by atoms with van der Waals surface area (Å²) >= 11 is 0. The Balaban J connectivity index is 1.61. The minimum atomic E-state index is -0.653. The molecule has 1 aliphatic heterocycles. The fourth-order valence-electron chi connectivity index (χ4n) is 3.88. The maximum atomic E-state index is 12.9.